The van der Waals surface area contributed by atoms with E-state index >= 15 is 0 Å². The molecule has 0 spiro atoms. The number of carbonyl (C=O) groups excluding carboxylic acids is 1. The SMILES string of the molecule is CCCOC(=O)C(CC)(OCC(C)C)C(CCC)Cc1ccccc1. The second kappa shape index (κ2) is 11.3. The fraction of sp³-hybridized carbons (Fsp3) is 0.682. The molecular formula is C22H36O3. The van der Waals surface area contributed by atoms with E-state index in [4.69, 9.17) is 9.47 Å². The van der Waals surface area contributed by atoms with Crippen molar-refractivity contribution >= 4 is 5.97 Å². The van der Waals surface area contributed by atoms with Gasteiger partial charge >= 0.3 is 5.97 Å². The Morgan fingerprint density at radius 1 is 1.08 bits per heavy atom. The van der Waals surface area contributed by atoms with Gasteiger partial charge in [-0.25, -0.2) is 4.79 Å². The first kappa shape index (κ1) is 21.7. The van der Waals surface area contributed by atoms with Crippen LogP contribution in [-0.2, 0) is 20.7 Å². The molecule has 0 aromatic heterocycles. The van der Waals surface area contributed by atoms with Gasteiger partial charge in [-0.3, -0.25) is 0 Å². The quantitative estimate of drug-likeness (QED) is 0.473. The van der Waals surface area contributed by atoms with Crippen LogP contribution in [0.3, 0.4) is 0 Å². The first-order chi connectivity index (χ1) is 12.0. The molecule has 0 amide bonds. The zero-order valence-electron chi connectivity index (χ0n) is 16.7. The van der Waals surface area contributed by atoms with Crippen molar-refractivity contribution in [2.24, 2.45) is 11.8 Å². The maximum Gasteiger partial charge on any atom is 0.338 e. The number of benzene rings is 1. The fourth-order valence-electron chi connectivity index (χ4n) is 3.26. The van der Waals surface area contributed by atoms with Crippen LogP contribution in [0.4, 0.5) is 0 Å². The van der Waals surface area contributed by atoms with Crippen molar-refractivity contribution in [3.05, 3.63) is 35.9 Å². The van der Waals surface area contributed by atoms with Crippen molar-refractivity contribution < 1.29 is 14.3 Å². The van der Waals surface area contributed by atoms with E-state index in [0.717, 1.165) is 25.7 Å². The third-order valence-corrected chi connectivity index (χ3v) is 4.60. The van der Waals surface area contributed by atoms with Crippen molar-refractivity contribution in [3.8, 4) is 0 Å². The predicted octanol–water partition coefficient (Wildman–Crippen LogP) is 5.42. The van der Waals surface area contributed by atoms with Crippen LogP contribution in [0.5, 0.6) is 0 Å². The summed E-state index contributed by atoms with van der Waals surface area (Å²) in [5, 5.41) is 0. The highest BCUT2D eigenvalue weighted by molar-refractivity contribution is 5.80. The summed E-state index contributed by atoms with van der Waals surface area (Å²) in [4.78, 5) is 13.0. The molecule has 0 saturated carbocycles. The second-order valence-electron chi connectivity index (χ2n) is 7.26. The van der Waals surface area contributed by atoms with Gasteiger partial charge in [-0.05, 0) is 37.2 Å². The van der Waals surface area contributed by atoms with Crippen LogP contribution >= 0.6 is 0 Å². The highest BCUT2D eigenvalue weighted by Gasteiger charge is 2.46. The van der Waals surface area contributed by atoms with E-state index < -0.39 is 5.60 Å². The maximum atomic E-state index is 13.0. The molecule has 3 nitrogen and oxygen atoms in total. The van der Waals surface area contributed by atoms with Crippen LogP contribution in [0.25, 0.3) is 0 Å². The second-order valence-corrected chi connectivity index (χ2v) is 7.26. The molecule has 0 bridgehead atoms. The molecule has 2 unspecified atom stereocenters. The van der Waals surface area contributed by atoms with Crippen LogP contribution in [-0.4, -0.2) is 24.8 Å². The van der Waals surface area contributed by atoms with Gasteiger partial charge in [0.05, 0.1) is 13.2 Å². The number of hydrogen-bond donors (Lipinski definition) is 0. The largest absolute Gasteiger partial charge is 0.464 e. The molecule has 1 aromatic rings. The van der Waals surface area contributed by atoms with Crippen LogP contribution in [0.2, 0.25) is 0 Å². The minimum Gasteiger partial charge on any atom is -0.464 e. The number of ether oxygens (including phenoxy) is 2. The van der Waals surface area contributed by atoms with Crippen LogP contribution < -0.4 is 0 Å². The van der Waals surface area contributed by atoms with Crippen LogP contribution in [0.1, 0.15) is 65.9 Å². The van der Waals surface area contributed by atoms with Gasteiger partial charge < -0.3 is 9.47 Å². The Morgan fingerprint density at radius 2 is 1.76 bits per heavy atom. The minimum atomic E-state index is -0.856. The van der Waals surface area contributed by atoms with Crippen molar-refractivity contribution in [1.82, 2.24) is 0 Å². The van der Waals surface area contributed by atoms with Gasteiger partial charge in [0.1, 0.15) is 0 Å². The van der Waals surface area contributed by atoms with Crippen molar-refractivity contribution in [2.75, 3.05) is 13.2 Å². The molecule has 0 aliphatic heterocycles. The van der Waals surface area contributed by atoms with E-state index in [9.17, 15) is 4.79 Å². The Labute approximate surface area is 154 Å². The molecular weight excluding hydrogens is 312 g/mol. The molecule has 1 aromatic carbocycles. The molecule has 2 atom stereocenters. The van der Waals surface area contributed by atoms with Gasteiger partial charge in [-0.15, -0.1) is 0 Å². The molecule has 0 N–H and O–H groups in total. The van der Waals surface area contributed by atoms with Gasteiger partial charge in [0.15, 0.2) is 5.60 Å². The normalized spacial score (nSPS) is 15.0. The number of hydrogen-bond acceptors (Lipinski definition) is 3. The Balaban J connectivity index is 3.13. The molecule has 0 fully saturated rings. The average Bonchev–Trinajstić information content (AvgIpc) is 2.61. The molecule has 142 valence electrons. The Hall–Kier alpha value is -1.35. The third kappa shape index (κ3) is 6.47. The van der Waals surface area contributed by atoms with E-state index in [1.54, 1.807) is 0 Å². The summed E-state index contributed by atoms with van der Waals surface area (Å²) in [7, 11) is 0. The Morgan fingerprint density at radius 3 is 2.28 bits per heavy atom. The molecule has 3 heteroatoms. The van der Waals surface area contributed by atoms with E-state index in [1.165, 1.54) is 5.56 Å². The van der Waals surface area contributed by atoms with E-state index in [1.807, 2.05) is 19.9 Å². The third-order valence-electron chi connectivity index (χ3n) is 4.60. The molecule has 0 heterocycles. The monoisotopic (exact) mass is 348 g/mol. The Kier molecular flexibility index (Phi) is 9.81. The maximum absolute atomic E-state index is 13.0. The van der Waals surface area contributed by atoms with Gasteiger partial charge in [-0.2, -0.15) is 0 Å². The van der Waals surface area contributed by atoms with Gasteiger partial charge in [-0.1, -0.05) is 71.4 Å². The number of esters is 1. The summed E-state index contributed by atoms with van der Waals surface area (Å²) in [6.07, 6.45) is 4.27. The minimum absolute atomic E-state index is 0.119. The molecule has 0 aliphatic rings. The topological polar surface area (TPSA) is 35.5 Å². The summed E-state index contributed by atoms with van der Waals surface area (Å²) in [6.45, 7) is 11.5. The first-order valence-electron chi connectivity index (χ1n) is 9.85. The van der Waals surface area contributed by atoms with E-state index in [-0.39, 0.29) is 11.9 Å². The summed E-state index contributed by atoms with van der Waals surface area (Å²) in [6, 6.07) is 10.4. The standard InChI is InChI=1S/C22H36O3/c1-6-12-20(16-19-13-10-9-11-14-19)22(8-3,25-17-18(4)5)21(23)24-15-7-2/h9-11,13-14,18,20H,6-8,12,15-17H2,1-5H3. The van der Waals surface area contributed by atoms with Gasteiger partial charge in [0, 0.05) is 5.92 Å². The van der Waals surface area contributed by atoms with Gasteiger partial charge in [0.2, 0.25) is 0 Å². The van der Waals surface area contributed by atoms with Crippen molar-refractivity contribution in [2.45, 2.75) is 72.3 Å². The van der Waals surface area contributed by atoms with Crippen molar-refractivity contribution in [3.63, 3.8) is 0 Å². The molecule has 25 heavy (non-hydrogen) atoms. The van der Waals surface area contributed by atoms with E-state index in [0.29, 0.717) is 25.6 Å². The van der Waals surface area contributed by atoms with Gasteiger partial charge in [0.25, 0.3) is 0 Å². The Bertz CT molecular complexity index is 483. The summed E-state index contributed by atoms with van der Waals surface area (Å²) in [5.74, 6) is 0.309. The molecule has 1 rings (SSSR count). The highest BCUT2D eigenvalue weighted by Crippen LogP contribution is 2.35. The summed E-state index contributed by atoms with van der Waals surface area (Å²) < 4.78 is 11.9. The summed E-state index contributed by atoms with van der Waals surface area (Å²) in [5.41, 5.74) is 0.390. The zero-order chi connectivity index (χ0) is 18.7. The zero-order valence-corrected chi connectivity index (χ0v) is 16.7. The lowest BCUT2D eigenvalue weighted by molar-refractivity contribution is -0.185. The molecule has 0 aliphatic carbocycles. The fourth-order valence-corrected chi connectivity index (χ4v) is 3.26. The average molecular weight is 349 g/mol. The number of rotatable bonds is 12. The highest BCUT2D eigenvalue weighted by atomic mass is 16.6. The lowest BCUT2D eigenvalue weighted by atomic mass is 9.78. The van der Waals surface area contributed by atoms with Crippen LogP contribution in [0.15, 0.2) is 30.3 Å². The smallest absolute Gasteiger partial charge is 0.338 e. The van der Waals surface area contributed by atoms with E-state index in [2.05, 4.69) is 45.0 Å². The van der Waals surface area contributed by atoms with Crippen LogP contribution in [0, 0.1) is 11.8 Å². The lowest BCUT2D eigenvalue weighted by Gasteiger charge is -2.38. The molecule has 0 radical (unpaired) electrons. The lowest BCUT2D eigenvalue weighted by Crippen LogP contribution is -2.50. The predicted molar refractivity (Wildman–Crippen MR) is 104 cm³/mol. The van der Waals surface area contributed by atoms with Crippen molar-refractivity contribution in [1.29, 1.82) is 0 Å². The first-order valence-corrected chi connectivity index (χ1v) is 9.85. The summed E-state index contributed by atoms with van der Waals surface area (Å²) >= 11 is 0. The molecule has 0 saturated heterocycles. The number of carbonyl (C=O) groups is 1.